The highest BCUT2D eigenvalue weighted by Gasteiger charge is 2.23. The van der Waals surface area contributed by atoms with Crippen molar-refractivity contribution < 1.29 is 17.9 Å². The summed E-state index contributed by atoms with van der Waals surface area (Å²) in [7, 11) is -3.69. The highest BCUT2D eigenvalue weighted by atomic mass is 32.2. The van der Waals surface area contributed by atoms with Crippen LogP contribution in [0.15, 0.2) is 30.6 Å². The van der Waals surface area contributed by atoms with E-state index in [1.807, 2.05) is 0 Å². The fourth-order valence-electron chi connectivity index (χ4n) is 2.30. The van der Waals surface area contributed by atoms with Crippen LogP contribution in [0.25, 0.3) is 5.57 Å². The average Bonchev–Trinajstić information content (AvgIpc) is 2.47. The summed E-state index contributed by atoms with van der Waals surface area (Å²) in [6.07, 6.45) is 6.79. The van der Waals surface area contributed by atoms with Crippen LogP contribution < -0.4 is 4.72 Å². The lowest BCUT2D eigenvalue weighted by atomic mass is 10.1. The molecule has 1 amide bonds. The molecule has 2 heterocycles. The van der Waals surface area contributed by atoms with Gasteiger partial charge in [0, 0.05) is 25.1 Å². The summed E-state index contributed by atoms with van der Waals surface area (Å²) in [5.41, 5.74) is 1.49. The zero-order valence-electron chi connectivity index (χ0n) is 12.5. The van der Waals surface area contributed by atoms with Gasteiger partial charge in [0.2, 0.25) is 10.0 Å². The summed E-state index contributed by atoms with van der Waals surface area (Å²) in [6, 6.07) is 3.51. The number of allylic oxidation sites excluding steroid dienone is 1. The highest BCUT2D eigenvalue weighted by Crippen LogP contribution is 2.14. The van der Waals surface area contributed by atoms with Gasteiger partial charge in [-0.05, 0) is 49.5 Å². The first-order valence-electron chi connectivity index (χ1n) is 7.21. The Morgan fingerprint density at radius 1 is 1.41 bits per heavy atom. The minimum Gasteiger partial charge on any atom is -0.377 e. The molecule has 1 aliphatic heterocycles. The number of rotatable bonds is 5. The third-order valence-electron chi connectivity index (χ3n) is 3.42. The molecule has 2 rings (SSSR count). The molecule has 1 saturated heterocycles. The summed E-state index contributed by atoms with van der Waals surface area (Å²) in [5.74, 6) is -0.828. The zero-order chi connectivity index (χ0) is 16.0. The highest BCUT2D eigenvalue weighted by molar-refractivity contribution is 7.90. The quantitative estimate of drug-likeness (QED) is 0.830. The van der Waals surface area contributed by atoms with Gasteiger partial charge in [-0.2, -0.15) is 0 Å². The van der Waals surface area contributed by atoms with Gasteiger partial charge in [-0.3, -0.25) is 9.78 Å². The molecular formula is C15H20N2O4S. The Labute approximate surface area is 130 Å². The number of carbonyl (C=O) groups excluding carboxylic acids is 1. The number of hydrogen-bond donors (Lipinski definition) is 1. The lowest BCUT2D eigenvalue weighted by Gasteiger charge is -2.22. The van der Waals surface area contributed by atoms with Gasteiger partial charge >= 0.3 is 0 Å². The van der Waals surface area contributed by atoms with Gasteiger partial charge in [-0.15, -0.1) is 0 Å². The topological polar surface area (TPSA) is 85.4 Å². The first-order valence-corrected chi connectivity index (χ1v) is 8.86. The van der Waals surface area contributed by atoms with E-state index in [0.717, 1.165) is 18.4 Å². The van der Waals surface area contributed by atoms with Crippen LogP contribution in [0.1, 0.15) is 31.7 Å². The minimum absolute atomic E-state index is 0.180. The number of pyridine rings is 1. The normalized spacial score (nSPS) is 19.7. The van der Waals surface area contributed by atoms with E-state index in [4.69, 9.17) is 4.74 Å². The monoisotopic (exact) mass is 324 g/mol. The van der Waals surface area contributed by atoms with Gasteiger partial charge in [0.25, 0.3) is 5.91 Å². The SMILES string of the molecule is C/C(=C\C(=O)NS(=O)(=O)CC1CCCCO1)c1ccncc1. The molecule has 6 nitrogen and oxygen atoms in total. The number of nitrogens with one attached hydrogen (secondary N) is 1. The van der Waals surface area contributed by atoms with Crippen LogP contribution in [0.5, 0.6) is 0 Å². The maximum Gasteiger partial charge on any atom is 0.257 e. The molecule has 0 aromatic carbocycles. The maximum absolute atomic E-state index is 12.0. The fourth-order valence-corrected chi connectivity index (χ4v) is 3.50. The Hall–Kier alpha value is -1.73. The van der Waals surface area contributed by atoms with Gasteiger partial charge in [0.05, 0.1) is 11.9 Å². The van der Waals surface area contributed by atoms with Crippen molar-refractivity contribution in [3.05, 3.63) is 36.2 Å². The van der Waals surface area contributed by atoms with Crippen LogP contribution in [0.4, 0.5) is 0 Å². The summed E-state index contributed by atoms with van der Waals surface area (Å²) >= 11 is 0. The Balaban J connectivity index is 1.95. The van der Waals surface area contributed by atoms with E-state index in [-0.39, 0.29) is 11.9 Å². The molecule has 1 N–H and O–H groups in total. The van der Waals surface area contributed by atoms with Crippen LogP contribution in [0.3, 0.4) is 0 Å². The Kier molecular flexibility index (Phi) is 5.68. The van der Waals surface area contributed by atoms with Gasteiger partial charge in [0.1, 0.15) is 0 Å². The van der Waals surface area contributed by atoms with Gasteiger partial charge < -0.3 is 4.74 Å². The van der Waals surface area contributed by atoms with E-state index >= 15 is 0 Å². The van der Waals surface area contributed by atoms with E-state index < -0.39 is 15.9 Å². The molecule has 22 heavy (non-hydrogen) atoms. The van der Waals surface area contributed by atoms with Crippen LogP contribution >= 0.6 is 0 Å². The standard InChI is InChI=1S/C15H20N2O4S/c1-12(13-5-7-16-8-6-13)10-15(18)17-22(19,20)11-14-4-2-3-9-21-14/h5-8,10,14H,2-4,9,11H2,1H3,(H,17,18)/b12-10+. The van der Waals surface area contributed by atoms with Crippen molar-refractivity contribution in [2.45, 2.75) is 32.3 Å². The second-order valence-corrected chi connectivity index (χ2v) is 7.07. The molecule has 0 aliphatic carbocycles. The summed E-state index contributed by atoms with van der Waals surface area (Å²) < 4.78 is 31.4. The van der Waals surface area contributed by atoms with Crippen molar-refractivity contribution in [1.29, 1.82) is 0 Å². The number of aromatic nitrogens is 1. The molecule has 1 aliphatic rings. The van der Waals surface area contributed by atoms with Crippen molar-refractivity contribution in [2.24, 2.45) is 0 Å². The number of nitrogens with zero attached hydrogens (tertiary/aromatic N) is 1. The number of carbonyl (C=O) groups is 1. The molecule has 1 fully saturated rings. The average molecular weight is 324 g/mol. The van der Waals surface area contributed by atoms with E-state index in [1.165, 1.54) is 6.08 Å². The van der Waals surface area contributed by atoms with Gasteiger partial charge in [0.15, 0.2) is 0 Å². The molecule has 120 valence electrons. The van der Waals surface area contributed by atoms with E-state index in [0.29, 0.717) is 18.6 Å². The Morgan fingerprint density at radius 2 is 2.14 bits per heavy atom. The summed E-state index contributed by atoms with van der Waals surface area (Å²) in [5, 5.41) is 0. The van der Waals surface area contributed by atoms with Crippen LogP contribution in [0.2, 0.25) is 0 Å². The number of ether oxygens (including phenoxy) is 1. The second-order valence-electron chi connectivity index (χ2n) is 5.30. The third kappa shape index (κ3) is 5.23. The van der Waals surface area contributed by atoms with Crippen molar-refractivity contribution in [3.63, 3.8) is 0 Å². The molecular weight excluding hydrogens is 304 g/mol. The van der Waals surface area contributed by atoms with Gasteiger partial charge in [-0.25, -0.2) is 13.1 Å². The van der Waals surface area contributed by atoms with E-state index in [9.17, 15) is 13.2 Å². The smallest absolute Gasteiger partial charge is 0.257 e. The van der Waals surface area contributed by atoms with Crippen molar-refractivity contribution in [2.75, 3.05) is 12.4 Å². The predicted molar refractivity (Wildman–Crippen MR) is 83.4 cm³/mol. The fraction of sp³-hybridized carbons (Fsp3) is 0.467. The lowest BCUT2D eigenvalue weighted by Crippen LogP contribution is -2.37. The second kappa shape index (κ2) is 7.51. The molecule has 7 heteroatoms. The van der Waals surface area contributed by atoms with Crippen LogP contribution in [-0.2, 0) is 19.6 Å². The molecule has 1 atom stereocenters. The van der Waals surface area contributed by atoms with Crippen molar-refractivity contribution in [3.8, 4) is 0 Å². The molecule has 0 spiro atoms. The first-order chi connectivity index (χ1) is 10.5. The van der Waals surface area contributed by atoms with Gasteiger partial charge in [-0.1, -0.05) is 0 Å². The Morgan fingerprint density at radius 3 is 2.77 bits per heavy atom. The van der Waals surface area contributed by atoms with Crippen LogP contribution in [-0.4, -0.2) is 37.8 Å². The molecule has 1 aromatic heterocycles. The van der Waals surface area contributed by atoms with E-state index in [1.54, 1.807) is 31.5 Å². The zero-order valence-corrected chi connectivity index (χ0v) is 13.3. The first kappa shape index (κ1) is 16.6. The van der Waals surface area contributed by atoms with Crippen LogP contribution in [0, 0.1) is 0 Å². The number of hydrogen-bond acceptors (Lipinski definition) is 5. The molecule has 1 unspecified atom stereocenters. The summed E-state index contributed by atoms with van der Waals surface area (Å²) in [6.45, 7) is 2.32. The Bertz CT molecular complexity index is 635. The molecule has 0 bridgehead atoms. The van der Waals surface area contributed by atoms with Crippen molar-refractivity contribution >= 4 is 21.5 Å². The number of amides is 1. The molecule has 1 aromatic rings. The minimum atomic E-state index is -3.69. The number of sulfonamides is 1. The largest absolute Gasteiger partial charge is 0.377 e. The van der Waals surface area contributed by atoms with E-state index in [2.05, 4.69) is 9.71 Å². The molecule has 0 saturated carbocycles. The lowest BCUT2D eigenvalue weighted by molar-refractivity contribution is -0.114. The third-order valence-corrected chi connectivity index (χ3v) is 4.74. The molecule has 0 radical (unpaired) electrons. The van der Waals surface area contributed by atoms with Crippen molar-refractivity contribution in [1.82, 2.24) is 9.71 Å². The summed E-state index contributed by atoms with van der Waals surface area (Å²) in [4.78, 5) is 15.8. The maximum atomic E-state index is 12.0. The predicted octanol–water partition coefficient (Wildman–Crippen LogP) is 1.50.